The summed E-state index contributed by atoms with van der Waals surface area (Å²) >= 11 is 0. The van der Waals surface area contributed by atoms with Crippen LogP contribution in [0.1, 0.15) is 142 Å². The fourth-order valence-electron chi connectivity index (χ4n) is 3.17. The molecule has 0 amide bonds. The summed E-state index contributed by atoms with van der Waals surface area (Å²) in [5, 5.41) is 16.8. The average Bonchev–Trinajstić information content (AvgIpc) is 2.65. The van der Waals surface area contributed by atoms with Gasteiger partial charge in [-0.2, -0.15) is 0 Å². The molecule has 0 aromatic rings. The van der Waals surface area contributed by atoms with Gasteiger partial charge in [-0.25, -0.2) is 0 Å². The number of carboxylic acids is 2. The van der Waals surface area contributed by atoms with E-state index < -0.39 is 11.9 Å². The van der Waals surface area contributed by atoms with E-state index in [1.54, 1.807) is 0 Å². The first kappa shape index (κ1) is 34.2. The van der Waals surface area contributed by atoms with E-state index in [9.17, 15) is 9.59 Å². The zero-order valence-electron chi connectivity index (χ0n) is 19.9. The molecule has 29 heavy (non-hydrogen) atoms. The van der Waals surface area contributed by atoms with E-state index in [1.165, 1.54) is 89.9 Å². The summed E-state index contributed by atoms with van der Waals surface area (Å²) in [6, 6.07) is 0. The summed E-state index contributed by atoms with van der Waals surface area (Å²) in [4.78, 5) is 20.4. The fraction of sp³-hybridized carbons (Fsp3) is 0.917. The molecule has 4 nitrogen and oxygen atoms in total. The van der Waals surface area contributed by atoms with Crippen molar-refractivity contribution in [3.8, 4) is 0 Å². The number of hydrogen-bond donors (Lipinski definition) is 2. The third kappa shape index (κ3) is 39.6. The van der Waals surface area contributed by atoms with Gasteiger partial charge in [0, 0.05) is 64.2 Å². The van der Waals surface area contributed by atoms with Crippen molar-refractivity contribution in [1.82, 2.24) is 0 Å². The van der Waals surface area contributed by atoms with Crippen LogP contribution >= 0.6 is 0 Å². The molecule has 2 N–H and O–H groups in total. The van der Waals surface area contributed by atoms with Gasteiger partial charge < -0.3 is 10.2 Å². The van der Waals surface area contributed by atoms with Crippen LogP contribution in [0.5, 0.6) is 0 Å². The Morgan fingerprint density at radius 1 is 0.448 bits per heavy atom. The van der Waals surface area contributed by atoms with Crippen LogP contribution in [0.2, 0.25) is 0 Å². The van der Waals surface area contributed by atoms with E-state index in [0.717, 1.165) is 25.7 Å². The molecule has 0 saturated heterocycles. The zero-order chi connectivity index (χ0) is 21.3. The summed E-state index contributed by atoms with van der Waals surface area (Å²) in [5.74, 6) is -1.32. The molecule has 0 fully saturated rings. The minimum Gasteiger partial charge on any atom is -0.481 e. The minimum absolute atomic E-state index is 0. The molecular weight excluding hydrogens is 391 g/mol. The molecule has 0 aromatic heterocycles. The van der Waals surface area contributed by atoms with Crippen molar-refractivity contribution >= 4 is 63.3 Å². The molecule has 0 aromatic carbocycles. The maximum atomic E-state index is 10.2. The van der Waals surface area contributed by atoms with Crippen LogP contribution in [-0.4, -0.2) is 73.5 Å². The third-order valence-corrected chi connectivity index (χ3v) is 4.99. The molecule has 0 aliphatic carbocycles. The summed E-state index contributed by atoms with van der Waals surface area (Å²) < 4.78 is 0. The zero-order valence-corrected chi connectivity index (χ0v) is 23.0. The predicted molar refractivity (Wildman–Crippen MR) is 125 cm³/mol. The number of aliphatic carboxylic acids is 2. The molecule has 0 rings (SSSR count). The van der Waals surface area contributed by atoms with Crippen LogP contribution in [0.25, 0.3) is 0 Å². The van der Waals surface area contributed by atoms with E-state index >= 15 is 0 Å². The van der Waals surface area contributed by atoms with Gasteiger partial charge in [0.25, 0.3) is 0 Å². The van der Waals surface area contributed by atoms with E-state index in [1.807, 2.05) is 0 Å². The Balaban J connectivity index is -0.000000451. The van der Waals surface area contributed by atoms with Crippen LogP contribution < -0.4 is 0 Å². The van der Waals surface area contributed by atoms with Crippen molar-refractivity contribution in [1.29, 1.82) is 0 Å². The molecule has 0 spiro atoms. The molecule has 1 radical (unpaired) electrons. The summed E-state index contributed by atoms with van der Waals surface area (Å²) in [6.07, 6.45) is 23.0. The number of carbonyl (C=O) groups is 2. The van der Waals surface area contributed by atoms with Gasteiger partial charge in [-0.15, -0.1) is 0 Å². The minimum atomic E-state index is -0.659. The van der Waals surface area contributed by atoms with Crippen molar-refractivity contribution in [2.75, 3.05) is 0 Å². The maximum Gasteiger partial charge on any atom is 0.303 e. The average molecular weight is 440 g/mol. The number of hydrogen-bond acceptors (Lipinski definition) is 2. The molecular formula is C24H48KO4. The normalized spacial score (nSPS) is 10.0. The monoisotopic (exact) mass is 439 g/mol. The van der Waals surface area contributed by atoms with Crippen molar-refractivity contribution in [2.24, 2.45) is 0 Å². The second-order valence-corrected chi connectivity index (χ2v) is 7.94. The first-order chi connectivity index (χ1) is 13.5. The Morgan fingerprint density at radius 2 is 0.655 bits per heavy atom. The van der Waals surface area contributed by atoms with Gasteiger partial charge in [0.2, 0.25) is 0 Å². The van der Waals surface area contributed by atoms with E-state index in [-0.39, 0.29) is 51.4 Å². The van der Waals surface area contributed by atoms with Crippen molar-refractivity contribution in [2.45, 2.75) is 142 Å². The topological polar surface area (TPSA) is 74.6 Å². The second-order valence-electron chi connectivity index (χ2n) is 7.94. The SMILES string of the molecule is CCCCCCCCCCCC(=O)O.CCCCCCCCCCCC(=O)O.[K]. The molecule has 0 atom stereocenters. The standard InChI is InChI=1S/2C12H24O2.K/c2*1-2-3-4-5-6-7-8-9-10-11-12(13)14;/h2*2-11H2,1H3,(H,13,14);. The second kappa shape index (κ2) is 30.8. The Bertz CT molecular complexity index is 303. The Labute approximate surface area is 223 Å². The summed E-state index contributed by atoms with van der Waals surface area (Å²) in [6.45, 7) is 4.46. The number of unbranched alkanes of at least 4 members (excludes halogenated alkanes) is 16. The van der Waals surface area contributed by atoms with Gasteiger partial charge in [-0.1, -0.05) is 117 Å². The van der Waals surface area contributed by atoms with Gasteiger partial charge in [-0.3, -0.25) is 9.59 Å². The molecule has 0 saturated carbocycles. The van der Waals surface area contributed by atoms with Gasteiger partial charge in [-0.05, 0) is 12.8 Å². The smallest absolute Gasteiger partial charge is 0.303 e. The number of rotatable bonds is 20. The summed E-state index contributed by atoms with van der Waals surface area (Å²) in [7, 11) is 0. The van der Waals surface area contributed by atoms with Crippen LogP contribution in [0.4, 0.5) is 0 Å². The molecule has 169 valence electrons. The quantitative estimate of drug-likeness (QED) is 0.151. The maximum absolute atomic E-state index is 10.2. The Kier molecular flexibility index (Phi) is 36.3. The van der Waals surface area contributed by atoms with Crippen LogP contribution in [0, 0.1) is 0 Å². The van der Waals surface area contributed by atoms with Gasteiger partial charge >= 0.3 is 11.9 Å². The molecule has 5 heteroatoms. The van der Waals surface area contributed by atoms with E-state index in [0.29, 0.717) is 12.8 Å². The molecule has 0 aliphatic heterocycles. The van der Waals surface area contributed by atoms with Crippen molar-refractivity contribution in [3.05, 3.63) is 0 Å². The Hall–Kier alpha value is 0.576. The van der Waals surface area contributed by atoms with Crippen molar-refractivity contribution < 1.29 is 19.8 Å². The summed E-state index contributed by atoms with van der Waals surface area (Å²) in [5.41, 5.74) is 0. The van der Waals surface area contributed by atoms with Crippen LogP contribution in [-0.2, 0) is 9.59 Å². The first-order valence-electron chi connectivity index (χ1n) is 12.0. The molecule has 0 unspecified atom stereocenters. The van der Waals surface area contributed by atoms with Gasteiger partial charge in [0.05, 0.1) is 0 Å². The van der Waals surface area contributed by atoms with E-state index in [4.69, 9.17) is 10.2 Å². The van der Waals surface area contributed by atoms with Crippen LogP contribution in [0.3, 0.4) is 0 Å². The molecule has 0 aliphatic rings. The van der Waals surface area contributed by atoms with Gasteiger partial charge in [0.15, 0.2) is 0 Å². The predicted octanol–water partition coefficient (Wildman–Crippen LogP) is 7.60. The van der Waals surface area contributed by atoms with Crippen LogP contribution in [0.15, 0.2) is 0 Å². The largest absolute Gasteiger partial charge is 0.481 e. The van der Waals surface area contributed by atoms with Gasteiger partial charge in [0.1, 0.15) is 0 Å². The molecule has 0 bridgehead atoms. The number of carboxylic acid groups (broad SMARTS) is 2. The fourth-order valence-corrected chi connectivity index (χ4v) is 3.17. The first-order valence-corrected chi connectivity index (χ1v) is 12.0. The van der Waals surface area contributed by atoms with Crippen molar-refractivity contribution in [3.63, 3.8) is 0 Å². The van der Waals surface area contributed by atoms with E-state index in [2.05, 4.69) is 13.8 Å². The third-order valence-electron chi connectivity index (χ3n) is 4.99. The Morgan fingerprint density at radius 3 is 0.862 bits per heavy atom. The molecule has 0 heterocycles.